The van der Waals surface area contributed by atoms with Crippen LogP contribution >= 0.6 is 11.3 Å². The summed E-state index contributed by atoms with van der Waals surface area (Å²) in [6.45, 7) is 0. The van der Waals surface area contributed by atoms with Gasteiger partial charge in [0.25, 0.3) is 0 Å². The molecule has 4 nitrogen and oxygen atoms in total. The fourth-order valence-electron chi connectivity index (χ4n) is 7.71. The first kappa shape index (κ1) is 29.1. The first-order valence-electron chi connectivity index (χ1n) is 17.4. The van der Waals surface area contributed by atoms with E-state index in [0.29, 0.717) is 0 Å². The van der Waals surface area contributed by atoms with Gasteiger partial charge in [-0.1, -0.05) is 140 Å². The van der Waals surface area contributed by atoms with E-state index in [1.54, 1.807) is 0 Å². The SMILES string of the molecule is c1ccc(-c2cc3c4ccccc4nc(-c4ccc(-c5cccc(-c6nc7ccccc7c7ccc8c9ccccc9sc8c67)c5)cc4)n3n2)cc1. The van der Waals surface area contributed by atoms with Crippen molar-refractivity contribution in [1.29, 1.82) is 0 Å². The van der Waals surface area contributed by atoms with E-state index in [2.05, 4.69) is 146 Å². The maximum Gasteiger partial charge on any atom is 0.161 e. The molecule has 0 saturated carbocycles. The predicted octanol–water partition coefficient (Wildman–Crippen LogP) is 12.6. The third-order valence-corrected chi connectivity index (χ3v) is 11.4. The zero-order chi connectivity index (χ0) is 34.2. The summed E-state index contributed by atoms with van der Waals surface area (Å²) in [5.74, 6) is 0.815. The van der Waals surface area contributed by atoms with Crippen LogP contribution in [0.15, 0.2) is 170 Å². The van der Waals surface area contributed by atoms with Crippen LogP contribution in [0.2, 0.25) is 0 Å². The van der Waals surface area contributed by atoms with Gasteiger partial charge < -0.3 is 0 Å². The molecule has 11 rings (SSSR count). The highest BCUT2D eigenvalue weighted by atomic mass is 32.1. The minimum Gasteiger partial charge on any atom is -0.247 e. The van der Waals surface area contributed by atoms with Crippen LogP contribution in [-0.4, -0.2) is 19.6 Å². The molecular formula is C47H28N4S. The van der Waals surface area contributed by atoms with E-state index in [4.69, 9.17) is 15.1 Å². The normalized spacial score (nSPS) is 11.8. The zero-order valence-electron chi connectivity index (χ0n) is 27.9. The van der Waals surface area contributed by atoms with Gasteiger partial charge in [-0.05, 0) is 46.8 Å². The number of benzene rings is 7. The first-order valence-corrected chi connectivity index (χ1v) is 18.3. The van der Waals surface area contributed by atoms with Gasteiger partial charge in [0, 0.05) is 53.0 Å². The summed E-state index contributed by atoms with van der Waals surface area (Å²) in [7, 11) is 0. The lowest BCUT2D eigenvalue weighted by Gasteiger charge is -2.13. The molecular weight excluding hydrogens is 653 g/mol. The van der Waals surface area contributed by atoms with Crippen LogP contribution in [0.4, 0.5) is 0 Å². The van der Waals surface area contributed by atoms with Crippen LogP contribution in [0, 0.1) is 0 Å². The number of hydrogen-bond acceptors (Lipinski definition) is 4. The average Bonchev–Trinajstić information content (AvgIpc) is 3.84. The Labute approximate surface area is 302 Å². The molecule has 0 N–H and O–H groups in total. The maximum absolute atomic E-state index is 5.35. The quantitative estimate of drug-likeness (QED) is 0.174. The molecule has 0 unspecified atom stereocenters. The summed E-state index contributed by atoms with van der Waals surface area (Å²) in [6, 6.07) is 60.1. The Morgan fingerprint density at radius 3 is 1.92 bits per heavy atom. The second-order valence-electron chi connectivity index (χ2n) is 13.2. The van der Waals surface area contributed by atoms with Crippen LogP contribution in [0.1, 0.15) is 0 Å². The Kier molecular flexibility index (Phi) is 6.39. The molecule has 0 aliphatic carbocycles. The second kappa shape index (κ2) is 11.4. The van der Waals surface area contributed by atoms with Crippen molar-refractivity contribution in [1.82, 2.24) is 19.6 Å². The van der Waals surface area contributed by atoms with Crippen LogP contribution in [0.5, 0.6) is 0 Å². The predicted molar refractivity (Wildman–Crippen MR) is 218 cm³/mol. The van der Waals surface area contributed by atoms with Crippen molar-refractivity contribution < 1.29 is 0 Å². The summed E-state index contributed by atoms with van der Waals surface area (Å²) in [5.41, 5.74) is 10.4. The highest BCUT2D eigenvalue weighted by molar-refractivity contribution is 7.26. The van der Waals surface area contributed by atoms with Crippen molar-refractivity contribution in [2.45, 2.75) is 0 Å². The molecule has 11 aromatic rings. The van der Waals surface area contributed by atoms with Gasteiger partial charge in [0.2, 0.25) is 0 Å². The standard InChI is InChI=1S/C47H28N4S/c1-2-11-30(12-3-1)41-28-42-38-17-5-8-19-40(38)49-47(51(42)50-41)31-23-21-29(22-24-31)32-13-10-14-33(27-32)45-44-36(34-15-4-7-18-39(34)48-45)25-26-37-35-16-6-9-20-43(35)52-46(37)44/h1-28H. The van der Waals surface area contributed by atoms with Crippen molar-refractivity contribution in [2.24, 2.45) is 0 Å². The lowest BCUT2D eigenvalue weighted by Crippen LogP contribution is -1.99. The lowest BCUT2D eigenvalue weighted by atomic mass is 9.95. The average molecular weight is 681 g/mol. The molecule has 4 heterocycles. The minimum atomic E-state index is 0.815. The Morgan fingerprint density at radius 1 is 0.423 bits per heavy atom. The fourth-order valence-corrected chi connectivity index (χ4v) is 8.96. The van der Waals surface area contributed by atoms with Crippen LogP contribution < -0.4 is 0 Å². The van der Waals surface area contributed by atoms with Crippen molar-refractivity contribution >= 4 is 69.6 Å². The summed E-state index contributed by atoms with van der Waals surface area (Å²) < 4.78 is 4.57. The number of thiophene rings is 1. The third-order valence-electron chi connectivity index (χ3n) is 10.2. The molecule has 0 saturated heterocycles. The molecule has 0 radical (unpaired) electrons. The Hall–Kier alpha value is -6.69. The molecule has 0 aliphatic rings. The van der Waals surface area contributed by atoms with Crippen molar-refractivity contribution in [2.75, 3.05) is 0 Å². The summed E-state index contributed by atoms with van der Waals surface area (Å²) >= 11 is 1.86. The summed E-state index contributed by atoms with van der Waals surface area (Å²) in [4.78, 5) is 10.5. The van der Waals surface area contributed by atoms with Gasteiger partial charge in [0.05, 0.1) is 27.9 Å². The third kappa shape index (κ3) is 4.50. The topological polar surface area (TPSA) is 43.1 Å². The Balaban J connectivity index is 1.05. The zero-order valence-corrected chi connectivity index (χ0v) is 28.7. The highest BCUT2D eigenvalue weighted by Gasteiger charge is 2.18. The van der Waals surface area contributed by atoms with Gasteiger partial charge in [-0.25, -0.2) is 14.5 Å². The first-order chi connectivity index (χ1) is 25.8. The van der Waals surface area contributed by atoms with E-state index in [1.807, 2.05) is 40.1 Å². The number of nitrogens with zero attached hydrogens (tertiary/aromatic N) is 4. The summed E-state index contributed by atoms with van der Waals surface area (Å²) in [5, 5.41) is 12.3. The number of hydrogen-bond donors (Lipinski definition) is 0. The molecule has 52 heavy (non-hydrogen) atoms. The molecule has 7 aromatic carbocycles. The van der Waals surface area contributed by atoms with E-state index >= 15 is 0 Å². The monoisotopic (exact) mass is 680 g/mol. The number of pyridine rings is 1. The number of rotatable bonds is 4. The fraction of sp³-hybridized carbons (Fsp3) is 0. The molecule has 0 bridgehead atoms. The lowest BCUT2D eigenvalue weighted by molar-refractivity contribution is 0.949. The van der Waals surface area contributed by atoms with Crippen molar-refractivity contribution in [3.05, 3.63) is 170 Å². The Bertz CT molecular complexity index is 3180. The van der Waals surface area contributed by atoms with Crippen LogP contribution in [0.25, 0.3) is 103 Å². The smallest absolute Gasteiger partial charge is 0.161 e. The summed E-state index contributed by atoms with van der Waals surface area (Å²) in [6.07, 6.45) is 0. The number of aromatic nitrogens is 4. The van der Waals surface area contributed by atoms with Gasteiger partial charge >= 0.3 is 0 Å². The largest absolute Gasteiger partial charge is 0.247 e. The Morgan fingerprint density at radius 2 is 1.08 bits per heavy atom. The van der Waals surface area contributed by atoms with E-state index in [9.17, 15) is 0 Å². The van der Waals surface area contributed by atoms with E-state index in [1.165, 1.54) is 36.3 Å². The minimum absolute atomic E-state index is 0.815. The second-order valence-corrected chi connectivity index (χ2v) is 14.3. The molecule has 4 aromatic heterocycles. The van der Waals surface area contributed by atoms with Crippen LogP contribution in [-0.2, 0) is 0 Å². The molecule has 0 spiro atoms. The molecule has 242 valence electrons. The van der Waals surface area contributed by atoms with E-state index in [0.717, 1.165) is 67.0 Å². The molecule has 0 fully saturated rings. The van der Waals surface area contributed by atoms with Gasteiger partial charge in [-0.15, -0.1) is 11.3 Å². The molecule has 0 amide bonds. The van der Waals surface area contributed by atoms with Crippen LogP contribution in [0.3, 0.4) is 0 Å². The van der Waals surface area contributed by atoms with Gasteiger partial charge in [0.15, 0.2) is 5.82 Å². The van der Waals surface area contributed by atoms with Crippen molar-refractivity contribution in [3.63, 3.8) is 0 Å². The maximum atomic E-state index is 5.35. The molecule has 0 aliphatic heterocycles. The molecule has 0 atom stereocenters. The van der Waals surface area contributed by atoms with E-state index < -0.39 is 0 Å². The van der Waals surface area contributed by atoms with E-state index in [-0.39, 0.29) is 0 Å². The van der Waals surface area contributed by atoms with Crippen molar-refractivity contribution in [3.8, 4) is 45.0 Å². The van der Waals surface area contributed by atoms with Gasteiger partial charge in [-0.3, -0.25) is 0 Å². The number of para-hydroxylation sites is 2. The van der Waals surface area contributed by atoms with Gasteiger partial charge in [0.1, 0.15) is 0 Å². The molecule has 5 heteroatoms. The number of fused-ring (bicyclic) bond motifs is 10. The highest BCUT2D eigenvalue weighted by Crippen LogP contribution is 2.44. The van der Waals surface area contributed by atoms with Gasteiger partial charge in [-0.2, -0.15) is 5.10 Å².